The number of imidazole rings is 2. The van der Waals surface area contributed by atoms with Crippen LogP contribution in [0.5, 0.6) is 0 Å². The molecule has 0 radical (unpaired) electrons. The SMILES string of the molecule is CCCCc1nc2c(C)cc(-c3nc4ccccc4n3C)cc2n1Cc1cccc2c1ccn2-c1ccccc1C(=O)O. The summed E-state index contributed by atoms with van der Waals surface area (Å²) >= 11 is 0. The van der Waals surface area contributed by atoms with Crippen molar-refractivity contribution in [2.24, 2.45) is 7.05 Å². The minimum absolute atomic E-state index is 0.276. The van der Waals surface area contributed by atoms with Gasteiger partial charge in [0.25, 0.3) is 0 Å². The number of nitrogens with zero attached hydrogens (tertiary/aromatic N) is 5. The van der Waals surface area contributed by atoms with Gasteiger partial charge in [-0.25, -0.2) is 14.8 Å². The van der Waals surface area contributed by atoms with E-state index in [0.29, 0.717) is 12.2 Å². The molecule has 7 aromatic rings. The van der Waals surface area contributed by atoms with E-state index in [4.69, 9.17) is 9.97 Å². The van der Waals surface area contributed by atoms with Gasteiger partial charge < -0.3 is 18.8 Å². The molecule has 0 unspecified atom stereocenters. The third-order valence-electron chi connectivity index (χ3n) is 8.47. The van der Waals surface area contributed by atoms with Crippen LogP contribution in [-0.4, -0.2) is 34.7 Å². The maximum absolute atomic E-state index is 12.0. The number of para-hydroxylation sites is 3. The predicted molar refractivity (Wildman–Crippen MR) is 172 cm³/mol. The van der Waals surface area contributed by atoms with E-state index in [1.54, 1.807) is 12.1 Å². The minimum Gasteiger partial charge on any atom is -0.478 e. The summed E-state index contributed by atoms with van der Waals surface area (Å²) in [5, 5.41) is 10.9. The molecule has 3 aromatic heterocycles. The smallest absolute Gasteiger partial charge is 0.337 e. The van der Waals surface area contributed by atoms with Crippen molar-refractivity contribution in [1.29, 1.82) is 0 Å². The number of carbonyl (C=O) groups is 1. The Bertz CT molecular complexity index is 2160. The van der Waals surface area contributed by atoms with Crippen molar-refractivity contribution in [2.75, 3.05) is 0 Å². The lowest BCUT2D eigenvalue weighted by Gasteiger charge is -2.13. The maximum Gasteiger partial charge on any atom is 0.337 e. The van der Waals surface area contributed by atoms with Crippen molar-refractivity contribution in [3.63, 3.8) is 0 Å². The van der Waals surface area contributed by atoms with Crippen LogP contribution in [0.3, 0.4) is 0 Å². The van der Waals surface area contributed by atoms with Crippen LogP contribution in [0.15, 0.2) is 91.1 Å². The van der Waals surface area contributed by atoms with Gasteiger partial charge in [0.15, 0.2) is 0 Å². The summed E-state index contributed by atoms with van der Waals surface area (Å²) in [6, 6.07) is 28.2. The van der Waals surface area contributed by atoms with Crippen LogP contribution < -0.4 is 0 Å². The number of carboxylic acids is 1. The highest BCUT2D eigenvalue weighted by Gasteiger charge is 2.19. The Morgan fingerprint density at radius 3 is 2.49 bits per heavy atom. The van der Waals surface area contributed by atoms with E-state index < -0.39 is 5.97 Å². The Kier molecular flexibility index (Phi) is 6.58. The van der Waals surface area contributed by atoms with Gasteiger partial charge in [0.05, 0.1) is 45.4 Å². The second kappa shape index (κ2) is 10.6. The molecule has 0 aliphatic carbocycles. The maximum atomic E-state index is 12.0. The lowest BCUT2D eigenvalue weighted by Crippen LogP contribution is -2.06. The van der Waals surface area contributed by atoms with Crippen LogP contribution >= 0.6 is 0 Å². The number of unbranched alkanes of at least 4 members (excludes halogenated alkanes) is 1. The van der Waals surface area contributed by atoms with Gasteiger partial charge in [-0.1, -0.05) is 49.7 Å². The zero-order chi connectivity index (χ0) is 29.7. The van der Waals surface area contributed by atoms with Crippen LogP contribution in [-0.2, 0) is 20.0 Å². The lowest BCUT2D eigenvalue weighted by atomic mass is 10.1. The Morgan fingerprint density at radius 1 is 0.884 bits per heavy atom. The number of benzene rings is 4. The lowest BCUT2D eigenvalue weighted by molar-refractivity contribution is 0.0697. The minimum atomic E-state index is -0.939. The number of hydrogen-bond donors (Lipinski definition) is 1. The van der Waals surface area contributed by atoms with Gasteiger partial charge in [0, 0.05) is 30.6 Å². The van der Waals surface area contributed by atoms with Crippen molar-refractivity contribution in [3.8, 4) is 17.1 Å². The fourth-order valence-electron chi connectivity index (χ4n) is 6.29. The molecule has 7 nitrogen and oxygen atoms in total. The van der Waals surface area contributed by atoms with Gasteiger partial charge in [0.2, 0.25) is 0 Å². The normalized spacial score (nSPS) is 11.7. The van der Waals surface area contributed by atoms with Crippen LogP contribution in [0.4, 0.5) is 0 Å². The molecule has 214 valence electrons. The molecule has 0 atom stereocenters. The second-order valence-corrected chi connectivity index (χ2v) is 11.2. The fraction of sp³-hybridized carbons (Fsp3) is 0.194. The van der Waals surface area contributed by atoms with E-state index in [1.165, 1.54) is 0 Å². The zero-order valence-corrected chi connectivity index (χ0v) is 24.6. The van der Waals surface area contributed by atoms with Gasteiger partial charge in [-0.05, 0) is 73.0 Å². The highest BCUT2D eigenvalue weighted by molar-refractivity contribution is 5.94. The Morgan fingerprint density at radius 2 is 1.67 bits per heavy atom. The van der Waals surface area contributed by atoms with Crippen LogP contribution in [0.1, 0.15) is 47.1 Å². The van der Waals surface area contributed by atoms with Crippen molar-refractivity contribution >= 4 is 38.9 Å². The third kappa shape index (κ3) is 4.48. The van der Waals surface area contributed by atoms with Crippen LogP contribution in [0.25, 0.3) is 50.0 Å². The highest BCUT2D eigenvalue weighted by atomic mass is 16.4. The summed E-state index contributed by atoms with van der Waals surface area (Å²) in [6.45, 7) is 5.00. The first-order valence-electron chi connectivity index (χ1n) is 14.8. The Hall–Kier alpha value is -5.17. The summed E-state index contributed by atoms with van der Waals surface area (Å²) in [7, 11) is 2.07. The molecule has 0 saturated heterocycles. The predicted octanol–water partition coefficient (Wildman–Crippen LogP) is 7.93. The van der Waals surface area contributed by atoms with E-state index >= 15 is 0 Å². The van der Waals surface area contributed by atoms with Gasteiger partial charge in [-0.2, -0.15) is 0 Å². The van der Waals surface area contributed by atoms with Crippen LogP contribution in [0, 0.1) is 6.92 Å². The molecular formula is C36H33N5O2. The number of carboxylic acid groups (broad SMARTS) is 1. The summed E-state index contributed by atoms with van der Waals surface area (Å²) in [5.41, 5.74) is 9.47. The van der Waals surface area contributed by atoms with Gasteiger partial charge in [0.1, 0.15) is 11.6 Å². The average Bonchev–Trinajstić information content (AvgIpc) is 3.70. The van der Waals surface area contributed by atoms with E-state index in [0.717, 1.165) is 80.6 Å². The second-order valence-electron chi connectivity index (χ2n) is 11.2. The summed E-state index contributed by atoms with van der Waals surface area (Å²) in [6.07, 6.45) is 5.02. The molecule has 1 N–H and O–H groups in total. The molecule has 0 aliphatic heterocycles. The van der Waals surface area contributed by atoms with Crippen molar-refractivity contribution < 1.29 is 9.90 Å². The van der Waals surface area contributed by atoms with Crippen LogP contribution in [0.2, 0.25) is 0 Å². The van der Waals surface area contributed by atoms with Crippen molar-refractivity contribution in [1.82, 2.24) is 23.7 Å². The molecule has 0 amide bonds. The number of hydrogen-bond acceptors (Lipinski definition) is 3. The molecule has 4 aromatic carbocycles. The van der Waals surface area contributed by atoms with Crippen molar-refractivity contribution in [3.05, 3.63) is 114 Å². The zero-order valence-electron chi connectivity index (χ0n) is 24.6. The number of aryl methyl sites for hydroxylation is 3. The number of aromatic carboxylic acids is 1. The highest BCUT2D eigenvalue weighted by Crippen LogP contribution is 2.32. The first-order chi connectivity index (χ1) is 20.9. The van der Waals surface area contributed by atoms with Gasteiger partial charge in [-0.3, -0.25) is 0 Å². The number of aromatic nitrogens is 5. The van der Waals surface area contributed by atoms with Gasteiger partial charge in [-0.15, -0.1) is 0 Å². The standard InChI is InChI=1S/C36H33N5O2/c1-4-5-17-33-38-34-23(2)20-25(35-37-28-13-7-9-15-31(28)39(35)3)21-32(34)41(33)22-24-11-10-16-29-26(24)18-19-40(29)30-14-8-6-12-27(30)36(42)43/h6-16,18-21H,4-5,17,22H2,1-3H3,(H,42,43). The van der Waals surface area contributed by atoms with E-state index in [9.17, 15) is 9.90 Å². The number of rotatable bonds is 8. The Labute approximate surface area is 249 Å². The van der Waals surface area contributed by atoms with E-state index in [1.807, 2.05) is 35.0 Å². The first kappa shape index (κ1) is 26.7. The summed E-state index contributed by atoms with van der Waals surface area (Å²) in [5.74, 6) is 1.07. The monoisotopic (exact) mass is 567 g/mol. The fourth-order valence-corrected chi connectivity index (χ4v) is 6.29. The summed E-state index contributed by atoms with van der Waals surface area (Å²) in [4.78, 5) is 22.1. The molecular weight excluding hydrogens is 534 g/mol. The first-order valence-corrected chi connectivity index (χ1v) is 14.8. The molecule has 3 heterocycles. The topological polar surface area (TPSA) is 77.9 Å². The Balaban J connectivity index is 1.38. The molecule has 0 bridgehead atoms. The largest absolute Gasteiger partial charge is 0.478 e. The molecule has 7 rings (SSSR count). The van der Waals surface area contributed by atoms with E-state index in [-0.39, 0.29) is 5.56 Å². The molecule has 7 heteroatoms. The quantitative estimate of drug-likeness (QED) is 0.202. The third-order valence-corrected chi connectivity index (χ3v) is 8.47. The number of fused-ring (bicyclic) bond motifs is 3. The van der Waals surface area contributed by atoms with Crippen molar-refractivity contribution in [2.45, 2.75) is 39.7 Å². The molecule has 0 fully saturated rings. The summed E-state index contributed by atoms with van der Waals surface area (Å²) < 4.78 is 6.49. The molecule has 43 heavy (non-hydrogen) atoms. The molecule has 0 aliphatic rings. The molecule has 0 saturated carbocycles. The van der Waals surface area contributed by atoms with E-state index in [2.05, 4.69) is 78.6 Å². The average molecular weight is 568 g/mol. The van der Waals surface area contributed by atoms with Gasteiger partial charge >= 0.3 is 5.97 Å². The molecule has 0 spiro atoms.